The molecule has 1 heterocycles. The summed E-state index contributed by atoms with van der Waals surface area (Å²) in [6.45, 7) is 4.09. The summed E-state index contributed by atoms with van der Waals surface area (Å²) >= 11 is 0. The highest BCUT2D eigenvalue weighted by molar-refractivity contribution is 6.07. The van der Waals surface area contributed by atoms with Gasteiger partial charge in [0.2, 0.25) is 0 Å². The van der Waals surface area contributed by atoms with Gasteiger partial charge in [0.25, 0.3) is 0 Å². The van der Waals surface area contributed by atoms with Gasteiger partial charge in [0.05, 0.1) is 20.3 Å². The maximum absolute atomic E-state index is 12.3. The van der Waals surface area contributed by atoms with Crippen molar-refractivity contribution in [1.29, 1.82) is 0 Å². The van der Waals surface area contributed by atoms with Crippen LogP contribution in [-0.2, 0) is 11.3 Å². The molecule has 0 amide bonds. The van der Waals surface area contributed by atoms with E-state index in [2.05, 4.69) is 4.90 Å². The first-order valence-electron chi connectivity index (χ1n) is 8.64. The number of nitrogens with zero attached hydrogens (tertiary/aromatic N) is 1. The van der Waals surface area contributed by atoms with Crippen LogP contribution >= 0.6 is 0 Å². The molecule has 0 bridgehead atoms. The average molecular weight is 353 g/mol. The second kappa shape index (κ2) is 8.65. The van der Waals surface area contributed by atoms with Crippen LogP contribution in [0.1, 0.15) is 21.5 Å². The first-order chi connectivity index (χ1) is 12.7. The molecule has 2 aromatic rings. The molecule has 0 unspecified atom stereocenters. The quantitative estimate of drug-likeness (QED) is 0.639. The Hall–Kier alpha value is -2.63. The number of aromatic hydroxyl groups is 1. The standard InChI is InChI=1S/C21H23NO4/c1-25-21-8-6-16(13-18(21)15-22-9-11-26-12-10-22)5-7-20(24)17-3-2-4-19(23)14-17/h2-8,13-14,23H,9-12,15H2,1H3/b7-5+. The van der Waals surface area contributed by atoms with Crippen LogP contribution < -0.4 is 4.74 Å². The molecule has 3 rings (SSSR count). The van der Waals surface area contributed by atoms with Gasteiger partial charge in [-0.25, -0.2) is 0 Å². The molecule has 1 aliphatic rings. The zero-order valence-corrected chi connectivity index (χ0v) is 14.9. The third kappa shape index (κ3) is 4.71. The van der Waals surface area contributed by atoms with Crippen LogP contribution in [0.4, 0.5) is 0 Å². The van der Waals surface area contributed by atoms with Gasteiger partial charge in [0, 0.05) is 30.8 Å². The molecule has 0 aromatic heterocycles. The molecule has 0 radical (unpaired) electrons. The highest BCUT2D eigenvalue weighted by Gasteiger charge is 2.13. The molecule has 1 fully saturated rings. The predicted molar refractivity (Wildman–Crippen MR) is 101 cm³/mol. The lowest BCUT2D eigenvalue weighted by Gasteiger charge is -2.27. The van der Waals surface area contributed by atoms with Crippen molar-refractivity contribution in [2.75, 3.05) is 33.4 Å². The summed E-state index contributed by atoms with van der Waals surface area (Å²) in [5.74, 6) is 0.779. The number of phenolic OH excluding ortho intramolecular Hbond substituents is 1. The number of hydrogen-bond donors (Lipinski definition) is 1. The molecule has 1 saturated heterocycles. The van der Waals surface area contributed by atoms with Crippen LogP contribution in [0.2, 0.25) is 0 Å². The minimum atomic E-state index is -0.147. The molecule has 136 valence electrons. The largest absolute Gasteiger partial charge is 0.508 e. The third-order valence-corrected chi connectivity index (χ3v) is 4.36. The van der Waals surface area contributed by atoms with Gasteiger partial charge in [-0.3, -0.25) is 9.69 Å². The molecule has 26 heavy (non-hydrogen) atoms. The number of phenols is 1. The summed E-state index contributed by atoms with van der Waals surface area (Å²) in [6.07, 6.45) is 3.31. The smallest absolute Gasteiger partial charge is 0.185 e. The number of carbonyl (C=O) groups excluding carboxylic acids is 1. The number of ketones is 1. The Morgan fingerprint density at radius 3 is 2.77 bits per heavy atom. The lowest BCUT2D eigenvalue weighted by atomic mass is 10.1. The fraction of sp³-hybridized carbons (Fsp3) is 0.286. The fourth-order valence-electron chi connectivity index (χ4n) is 2.95. The molecule has 1 N–H and O–H groups in total. The number of hydrogen-bond acceptors (Lipinski definition) is 5. The van der Waals surface area contributed by atoms with Gasteiger partial charge >= 0.3 is 0 Å². The van der Waals surface area contributed by atoms with Gasteiger partial charge < -0.3 is 14.6 Å². The lowest BCUT2D eigenvalue weighted by Crippen LogP contribution is -2.35. The molecular formula is C21H23NO4. The van der Waals surface area contributed by atoms with E-state index in [0.717, 1.165) is 49.7 Å². The van der Waals surface area contributed by atoms with Gasteiger partial charge in [0.15, 0.2) is 5.78 Å². The maximum atomic E-state index is 12.3. The maximum Gasteiger partial charge on any atom is 0.185 e. The lowest BCUT2D eigenvalue weighted by molar-refractivity contribution is 0.0339. The van der Waals surface area contributed by atoms with E-state index in [-0.39, 0.29) is 11.5 Å². The van der Waals surface area contributed by atoms with Crippen LogP contribution in [0.5, 0.6) is 11.5 Å². The van der Waals surface area contributed by atoms with Gasteiger partial charge in [-0.15, -0.1) is 0 Å². The SMILES string of the molecule is COc1ccc(/C=C/C(=O)c2cccc(O)c2)cc1CN1CCOCC1. The molecule has 5 heteroatoms. The van der Waals surface area contributed by atoms with Crippen molar-refractivity contribution in [3.63, 3.8) is 0 Å². The second-order valence-corrected chi connectivity index (χ2v) is 6.21. The summed E-state index contributed by atoms with van der Waals surface area (Å²) in [5, 5.41) is 9.49. The molecule has 1 aliphatic heterocycles. The van der Waals surface area contributed by atoms with Gasteiger partial charge in [-0.05, 0) is 35.9 Å². The van der Waals surface area contributed by atoms with Gasteiger partial charge in [-0.2, -0.15) is 0 Å². The van der Waals surface area contributed by atoms with Crippen molar-refractivity contribution in [2.45, 2.75) is 6.54 Å². The highest BCUT2D eigenvalue weighted by Crippen LogP contribution is 2.23. The number of ether oxygens (including phenoxy) is 2. The molecule has 0 aliphatic carbocycles. The molecule has 0 saturated carbocycles. The minimum Gasteiger partial charge on any atom is -0.508 e. The first kappa shape index (κ1) is 18.2. The summed E-state index contributed by atoms with van der Waals surface area (Å²) < 4.78 is 10.9. The summed E-state index contributed by atoms with van der Waals surface area (Å²) in [6, 6.07) is 12.2. The molecule has 2 aromatic carbocycles. The van der Waals surface area contributed by atoms with Crippen molar-refractivity contribution >= 4 is 11.9 Å². The van der Waals surface area contributed by atoms with Crippen molar-refractivity contribution < 1.29 is 19.4 Å². The Balaban J connectivity index is 1.75. The predicted octanol–water partition coefficient (Wildman–Crippen LogP) is 3.13. The van der Waals surface area contributed by atoms with Crippen molar-refractivity contribution in [1.82, 2.24) is 4.90 Å². The Morgan fingerprint density at radius 1 is 1.23 bits per heavy atom. The van der Waals surface area contributed by atoms with E-state index in [0.29, 0.717) is 5.56 Å². The zero-order valence-electron chi connectivity index (χ0n) is 14.9. The van der Waals surface area contributed by atoms with E-state index in [4.69, 9.17) is 9.47 Å². The van der Waals surface area contributed by atoms with Crippen LogP contribution in [0.3, 0.4) is 0 Å². The topological polar surface area (TPSA) is 59.0 Å². The monoisotopic (exact) mass is 353 g/mol. The van der Waals surface area contributed by atoms with E-state index in [1.54, 1.807) is 31.4 Å². The van der Waals surface area contributed by atoms with Gasteiger partial charge in [0.1, 0.15) is 11.5 Å². The van der Waals surface area contributed by atoms with Gasteiger partial charge in [-0.1, -0.05) is 24.3 Å². The third-order valence-electron chi connectivity index (χ3n) is 4.36. The molecule has 0 atom stereocenters. The summed E-state index contributed by atoms with van der Waals surface area (Å²) in [7, 11) is 1.67. The zero-order chi connectivity index (χ0) is 18.4. The van der Waals surface area contributed by atoms with E-state index in [1.807, 2.05) is 18.2 Å². The molecule has 0 spiro atoms. The number of methoxy groups -OCH3 is 1. The van der Waals surface area contributed by atoms with Crippen molar-refractivity contribution in [3.8, 4) is 11.5 Å². The fourth-order valence-corrected chi connectivity index (χ4v) is 2.95. The number of morpholine rings is 1. The van der Waals surface area contributed by atoms with Crippen LogP contribution in [0, 0.1) is 0 Å². The van der Waals surface area contributed by atoms with Crippen LogP contribution in [0.15, 0.2) is 48.5 Å². The second-order valence-electron chi connectivity index (χ2n) is 6.21. The Labute approximate surface area is 153 Å². The number of allylic oxidation sites excluding steroid dienone is 1. The van der Waals surface area contributed by atoms with Crippen LogP contribution in [0.25, 0.3) is 6.08 Å². The Bertz CT molecular complexity index is 794. The number of rotatable bonds is 6. The summed E-state index contributed by atoms with van der Waals surface area (Å²) in [5.41, 5.74) is 2.48. The average Bonchev–Trinajstić information content (AvgIpc) is 2.67. The first-order valence-corrected chi connectivity index (χ1v) is 8.64. The normalized spacial score (nSPS) is 15.3. The van der Waals surface area contributed by atoms with E-state index in [1.165, 1.54) is 12.1 Å². The van der Waals surface area contributed by atoms with E-state index in [9.17, 15) is 9.90 Å². The number of benzene rings is 2. The van der Waals surface area contributed by atoms with Crippen molar-refractivity contribution in [2.24, 2.45) is 0 Å². The minimum absolute atomic E-state index is 0.0847. The summed E-state index contributed by atoms with van der Waals surface area (Å²) in [4.78, 5) is 14.6. The van der Waals surface area contributed by atoms with E-state index < -0.39 is 0 Å². The van der Waals surface area contributed by atoms with E-state index >= 15 is 0 Å². The van der Waals surface area contributed by atoms with Crippen LogP contribution in [-0.4, -0.2) is 49.2 Å². The van der Waals surface area contributed by atoms with Crippen molar-refractivity contribution in [3.05, 3.63) is 65.2 Å². The highest BCUT2D eigenvalue weighted by atomic mass is 16.5. The molecule has 5 nitrogen and oxygen atoms in total. The number of carbonyl (C=O) groups is 1. The molecular weight excluding hydrogens is 330 g/mol. The Kier molecular flexibility index (Phi) is 6.04. The Morgan fingerprint density at radius 2 is 2.04 bits per heavy atom.